The van der Waals surface area contributed by atoms with E-state index in [1.54, 1.807) is 12.1 Å². The molecular weight excluding hydrogens is 248 g/mol. The fourth-order valence-corrected chi connectivity index (χ4v) is 2.71. The smallest absolute Gasteiger partial charge is 0.248 e. The van der Waals surface area contributed by atoms with Gasteiger partial charge < -0.3 is 11.1 Å². The molecule has 0 bridgehead atoms. The molecule has 1 aliphatic rings. The van der Waals surface area contributed by atoms with Crippen molar-refractivity contribution in [3.63, 3.8) is 0 Å². The summed E-state index contributed by atoms with van der Waals surface area (Å²) in [4.78, 5) is 11.1. The van der Waals surface area contributed by atoms with Crippen molar-refractivity contribution >= 4 is 5.91 Å². The van der Waals surface area contributed by atoms with Gasteiger partial charge in [-0.15, -0.1) is 0 Å². The minimum Gasteiger partial charge on any atom is -0.366 e. The lowest BCUT2D eigenvalue weighted by Crippen LogP contribution is -2.10. The van der Waals surface area contributed by atoms with Gasteiger partial charge in [0, 0.05) is 12.1 Å². The van der Waals surface area contributed by atoms with E-state index in [1.807, 2.05) is 12.1 Å². The van der Waals surface area contributed by atoms with Gasteiger partial charge in [-0.05, 0) is 47.7 Å². The van der Waals surface area contributed by atoms with Gasteiger partial charge in [0.05, 0.1) is 0 Å². The fourth-order valence-electron chi connectivity index (χ4n) is 2.71. The Morgan fingerprint density at radius 2 is 1.60 bits per heavy atom. The lowest BCUT2D eigenvalue weighted by atomic mass is 9.95. The van der Waals surface area contributed by atoms with Gasteiger partial charge in [-0.3, -0.25) is 4.79 Å². The molecule has 1 aliphatic heterocycles. The molecule has 3 nitrogen and oxygen atoms in total. The molecule has 0 saturated carbocycles. The average Bonchev–Trinajstić information content (AvgIpc) is 3.02. The normalized spacial score (nSPS) is 18.1. The van der Waals surface area contributed by atoms with Gasteiger partial charge in [0.1, 0.15) is 0 Å². The molecule has 2 aromatic carbocycles. The van der Waals surface area contributed by atoms with Crippen LogP contribution in [0.1, 0.15) is 28.3 Å². The molecule has 1 fully saturated rings. The lowest BCUT2D eigenvalue weighted by Gasteiger charge is -2.10. The predicted octanol–water partition coefficient (Wildman–Crippen LogP) is 2.53. The van der Waals surface area contributed by atoms with E-state index in [4.69, 9.17) is 5.73 Å². The van der Waals surface area contributed by atoms with E-state index in [9.17, 15) is 4.79 Å². The van der Waals surface area contributed by atoms with E-state index in [1.165, 1.54) is 12.0 Å². The van der Waals surface area contributed by atoms with Crippen molar-refractivity contribution in [1.82, 2.24) is 5.32 Å². The van der Waals surface area contributed by atoms with Crippen molar-refractivity contribution in [3.8, 4) is 11.1 Å². The summed E-state index contributed by atoms with van der Waals surface area (Å²) in [6.07, 6.45) is 1.21. The number of carbonyl (C=O) groups is 1. The van der Waals surface area contributed by atoms with Crippen molar-refractivity contribution in [3.05, 3.63) is 59.7 Å². The first-order chi connectivity index (χ1) is 9.74. The molecule has 1 heterocycles. The Balaban J connectivity index is 1.81. The summed E-state index contributed by atoms with van der Waals surface area (Å²) in [5, 5.41) is 3.39. The van der Waals surface area contributed by atoms with Crippen LogP contribution < -0.4 is 11.1 Å². The molecule has 1 amide bonds. The van der Waals surface area contributed by atoms with Gasteiger partial charge in [0.15, 0.2) is 0 Å². The van der Waals surface area contributed by atoms with E-state index in [0.29, 0.717) is 11.5 Å². The number of benzene rings is 2. The molecule has 102 valence electrons. The Hall–Kier alpha value is -2.13. The van der Waals surface area contributed by atoms with Crippen LogP contribution in [0.25, 0.3) is 11.1 Å². The molecule has 1 unspecified atom stereocenters. The first kappa shape index (κ1) is 12.9. The molecule has 20 heavy (non-hydrogen) atoms. The summed E-state index contributed by atoms with van der Waals surface area (Å²) in [6, 6.07) is 16.1. The first-order valence-electron chi connectivity index (χ1n) is 6.95. The number of primary amides is 1. The van der Waals surface area contributed by atoms with Crippen molar-refractivity contribution in [2.45, 2.75) is 12.3 Å². The SMILES string of the molecule is NC(=O)c1ccc(-c2ccc(C3CCNC3)cc2)cc1. The Morgan fingerprint density at radius 1 is 1.00 bits per heavy atom. The number of hydrogen-bond donors (Lipinski definition) is 2. The third kappa shape index (κ3) is 2.58. The van der Waals surface area contributed by atoms with Crippen LogP contribution in [0, 0.1) is 0 Å². The third-order valence-electron chi connectivity index (χ3n) is 3.95. The molecule has 1 atom stereocenters. The topological polar surface area (TPSA) is 55.1 Å². The number of rotatable bonds is 3. The van der Waals surface area contributed by atoms with Crippen LogP contribution in [0.2, 0.25) is 0 Å². The molecule has 3 rings (SSSR count). The number of nitrogens with two attached hydrogens (primary N) is 1. The highest BCUT2D eigenvalue weighted by Crippen LogP contribution is 2.26. The molecule has 2 aromatic rings. The van der Waals surface area contributed by atoms with Crippen LogP contribution in [0.3, 0.4) is 0 Å². The van der Waals surface area contributed by atoms with Crippen molar-refractivity contribution in [2.24, 2.45) is 5.73 Å². The standard InChI is InChI=1S/C17H18N2O/c18-17(20)15-7-5-13(6-8-15)12-1-3-14(4-2-12)16-9-10-19-11-16/h1-8,16,19H,9-11H2,(H2,18,20). The summed E-state index contributed by atoms with van der Waals surface area (Å²) in [5.74, 6) is 0.252. The van der Waals surface area contributed by atoms with E-state index in [-0.39, 0.29) is 5.91 Å². The van der Waals surface area contributed by atoms with Crippen molar-refractivity contribution in [2.75, 3.05) is 13.1 Å². The van der Waals surface area contributed by atoms with Gasteiger partial charge in [-0.25, -0.2) is 0 Å². The molecule has 0 spiro atoms. The largest absolute Gasteiger partial charge is 0.366 e. The molecule has 3 heteroatoms. The maximum absolute atomic E-state index is 11.1. The molecule has 3 N–H and O–H groups in total. The van der Waals surface area contributed by atoms with Gasteiger partial charge in [0.2, 0.25) is 5.91 Å². The average molecular weight is 266 g/mol. The highest BCUT2D eigenvalue weighted by molar-refractivity contribution is 5.93. The zero-order valence-corrected chi connectivity index (χ0v) is 11.3. The zero-order valence-electron chi connectivity index (χ0n) is 11.3. The van der Waals surface area contributed by atoms with Gasteiger partial charge >= 0.3 is 0 Å². The highest BCUT2D eigenvalue weighted by atomic mass is 16.1. The molecule has 0 radical (unpaired) electrons. The first-order valence-corrected chi connectivity index (χ1v) is 6.95. The molecular formula is C17H18N2O. The van der Waals surface area contributed by atoms with Crippen LogP contribution in [-0.4, -0.2) is 19.0 Å². The van der Waals surface area contributed by atoms with Gasteiger partial charge in [0.25, 0.3) is 0 Å². The van der Waals surface area contributed by atoms with Crippen LogP contribution in [-0.2, 0) is 0 Å². The Bertz CT molecular complexity index is 596. The number of hydrogen-bond acceptors (Lipinski definition) is 2. The zero-order chi connectivity index (χ0) is 13.9. The summed E-state index contributed by atoms with van der Waals surface area (Å²) in [5.41, 5.74) is 9.45. The van der Waals surface area contributed by atoms with Gasteiger partial charge in [-0.2, -0.15) is 0 Å². The highest BCUT2D eigenvalue weighted by Gasteiger charge is 2.16. The van der Waals surface area contributed by atoms with E-state index < -0.39 is 0 Å². The summed E-state index contributed by atoms with van der Waals surface area (Å²) in [6.45, 7) is 2.19. The van der Waals surface area contributed by atoms with Crippen LogP contribution in [0.5, 0.6) is 0 Å². The quantitative estimate of drug-likeness (QED) is 0.897. The second-order valence-electron chi connectivity index (χ2n) is 5.25. The van der Waals surface area contributed by atoms with Crippen molar-refractivity contribution in [1.29, 1.82) is 0 Å². The Kier molecular flexibility index (Phi) is 3.52. The summed E-state index contributed by atoms with van der Waals surface area (Å²) < 4.78 is 0. The minimum absolute atomic E-state index is 0.388. The summed E-state index contributed by atoms with van der Waals surface area (Å²) >= 11 is 0. The fraction of sp³-hybridized carbons (Fsp3) is 0.235. The van der Waals surface area contributed by atoms with Crippen LogP contribution in [0.15, 0.2) is 48.5 Å². The molecule has 0 aromatic heterocycles. The maximum atomic E-state index is 11.1. The second kappa shape index (κ2) is 5.47. The summed E-state index contributed by atoms with van der Waals surface area (Å²) in [7, 11) is 0. The monoisotopic (exact) mass is 266 g/mol. The van der Waals surface area contributed by atoms with E-state index >= 15 is 0 Å². The van der Waals surface area contributed by atoms with Crippen molar-refractivity contribution < 1.29 is 4.79 Å². The second-order valence-corrected chi connectivity index (χ2v) is 5.25. The van der Waals surface area contributed by atoms with Crippen LogP contribution in [0.4, 0.5) is 0 Å². The maximum Gasteiger partial charge on any atom is 0.248 e. The Morgan fingerprint density at radius 3 is 2.10 bits per heavy atom. The van der Waals surface area contributed by atoms with Gasteiger partial charge in [-0.1, -0.05) is 36.4 Å². The molecule has 0 aliphatic carbocycles. The number of carbonyl (C=O) groups excluding carboxylic acids is 1. The van der Waals surface area contributed by atoms with E-state index in [0.717, 1.165) is 24.2 Å². The van der Waals surface area contributed by atoms with E-state index in [2.05, 4.69) is 29.6 Å². The van der Waals surface area contributed by atoms with Crippen LogP contribution >= 0.6 is 0 Å². The third-order valence-corrected chi connectivity index (χ3v) is 3.95. The Labute approximate surface area is 118 Å². The predicted molar refractivity (Wildman–Crippen MR) is 80.6 cm³/mol. The lowest BCUT2D eigenvalue weighted by molar-refractivity contribution is 0.100. The number of nitrogens with one attached hydrogen (secondary N) is 1. The minimum atomic E-state index is -0.388. The number of amides is 1. The molecule has 1 saturated heterocycles.